The summed E-state index contributed by atoms with van der Waals surface area (Å²) in [6, 6.07) is 15.6. The van der Waals surface area contributed by atoms with Crippen LogP contribution in [0.1, 0.15) is 23.4 Å². The lowest BCUT2D eigenvalue weighted by molar-refractivity contribution is -0.121. The smallest absolute Gasteiger partial charge is 0.227 e. The number of carbonyl (C=O) groups excluding carboxylic acids is 1. The summed E-state index contributed by atoms with van der Waals surface area (Å²) in [5, 5.41) is 6.91. The third-order valence-corrected chi connectivity index (χ3v) is 4.36. The van der Waals surface area contributed by atoms with Gasteiger partial charge in [-0.25, -0.2) is 0 Å². The third-order valence-electron chi connectivity index (χ3n) is 4.36. The minimum Gasteiger partial charge on any atom is -0.497 e. The molecule has 3 aromatic rings. The molecule has 6 nitrogen and oxygen atoms in total. The van der Waals surface area contributed by atoms with Gasteiger partial charge in [-0.3, -0.25) is 4.79 Å². The van der Waals surface area contributed by atoms with E-state index in [-0.39, 0.29) is 5.91 Å². The first-order valence-corrected chi connectivity index (χ1v) is 8.94. The van der Waals surface area contributed by atoms with Crippen LogP contribution in [0.2, 0.25) is 0 Å². The molecule has 1 amide bonds. The average molecular weight is 365 g/mol. The number of nitrogens with zero attached hydrogens (tertiary/aromatic N) is 2. The molecule has 0 aliphatic carbocycles. The Labute approximate surface area is 158 Å². The maximum Gasteiger partial charge on any atom is 0.227 e. The van der Waals surface area contributed by atoms with E-state index in [4.69, 9.17) is 9.26 Å². The molecule has 27 heavy (non-hydrogen) atoms. The Morgan fingerprint density at radius 3 is 2.63 bits per heavy atom. The lowest BCUT2D eigenvalue weighted by Crippen LogP contribution is -2.26. The number of carbonyl (C=O) groups is 1. The highest BCUT2D eigenvalue weighted by molar-refractivity contribution is 5.76. The maximum atomic E-state index is 12.0. The van der Waals surface area contributed by atoms with E-state index in [1.165, 1.54) is 11.1 Å². The molecule has 1 heterocycles. The quantitative estimate of drug-likeness (QED) is 0.662. The second-order valence-electron chi connectivity index (χ2n) is 6.27. The van der Waals surface area contributed by atoms with Gasteiger partial charge in [0.2, 0.25) is 17.6 Å². The van der Waals surface area contributed by atoms with Crippen LogP contribution < -0.4 is 10.1 Å². The summed E-state index contributed by atoms with van der Waals surface area (Å²) in [5.41, 5.74) is 3.33. The van der Waals surface area contributed by atoms with Crippen LogP contribution in [0.5, 0.6) is 5.75 Å². The molecule has 2 aromatic carbocycles. The fraction of sp³-hybridized carbons (Fsp3) is 0.286. The average Bonchev–Trinajstić information content (AvgIpc) is 3.17. The van der Waals surface area contributed by atoms with Crippen LogP contribution in [-0.2, 0) is 17.6 Å². The number of methoxy groups -OCH3 is 1. The lowest BCUT2D eigenvalue weighted by atomic mass is 10.1. The van der Waals surface area contributed by atoms with Gasteiger partial charge in [-0.05, 0) is 48.7 Å². The van der Waals surface area contributed by atoms with Crippen LogP contribution in [0, 0.1) is 6.92 Å². The molecule has 1 N–H and O–H groups in total. The van der Waals surface area contributed by atoms with Crippen LogP contribution >= 0.6 is 0 Å². The Morgan fingerprint density at radius 1 is 1.11 bits per heavy atom. The lowest BCUT2D eigenvalue weighted by Gasteiger charge is -2.06. The number of benzene rings is 2. The van der Waals surface area contributed by atoms with Crippen molar-refractivity contribution in [2.75, 3.05) is 13.7 Å². The molecule has 0 saturated heterocycles. The first kappa shape index (κ1) is 18.6. The van der Waals surface area contributed by atoms with Crippen molar-refractivity contribution in [3.63, 3.8) is 0 Å². The van der Waals surface area contributed by atoms with E-state index in [1.54, 1.807) is 7.11 Å². The predicted octanol–water partition coefficient (Wildman–Crippen LogP) is 3.35. The summed E-state index contributed by atoms with van der Waals surface area (Å²) < 4.78 is 10.4. The molecule has 0 aliphatic heterocycles. The molecule has 0 fully saturated rings. The molecule has 0 bridgehead atoms. The van der Waals surface area contributed by atoms with Crippen LogP contribution in [0.15, 0.2) is 53.1 Å². The summed E-state index contributed by atoms with van der Waals surface area (Å²) in [6.45, 7) is 2.69. The van der Waals surface area contributed by atoms with Gasteiger partial charge in [0.15, 0.2) is 0 Å². The van der Waals surface area contributed by atoms with Crippen molar-refractivity contribution in [1.82, 2.24) is 15.5 Å². The van der Waals surface area contributed by atoms with Crippen molar-refractivity contribution < 1.29 is 14.1 Å². The van der Waals surface area contributed by atoms with E-state index in [1.807, 2.05) is 36.4 Å². The van der Waals surface area contributed by atoms with Crippen LogP contribution in [0.3, 0.4) is 0 Å². The Morgan fingerprint density at radius 2 is 1.89 bits per heavy atom. The zero-order chi connectivity index (χ0) is 19.1. The van der Waals surface area contributed by atoms with Crippen molar-refractivity contribution in [3.05, 3.63) is 65.5 Å². The van der Waals surface area contributed by atoms with Gasteiger partial charge >= 0.3 is 0 Å². The minimum atomic E-state index is -0.0206. The number of hydrogen-bond donors (Lipinski definition) is 1. The highest BCUT2D eigenvalue weighted by Crippen LogP contribution is 2.20. The predicted molar refractivity (Wildman–Crippen MR) is 102 cm³/mol. The molecular weight excluding hydrogens is 342 g/mol. The summed E-state index contributed by atoms with van der Waals surface area (Å²) in [4.78, 5) is 16.4. The second-order valence-corrected chi connectivity index (χ2v) is 6.27. The highest BCUT2D eigenvalue weighted by atomic mass is 16.5. The van der Waals surface area contributed by atoms with Gasteiger partial charge < -0.3 is 14.6 Å². The third kappa shape index (κ3) is 5.17. The van der Waals surface area contributed by atoms with Gasteiger partial charge in [-0.15, -0.1) is 0 Å². The molecular formula is C21H23N3O3. The molecule has 0 radical (unpaired) electrons. The van der Waals surface area contributed by atoms with E-state index in [0.717, 1.165) is 17.7 Å². The zero-order valence-electron chi connectivity index (χ0n) is 15.6. The van der Waals surface area contributed by atoms with Gasteiger partial charge in [-0.2, -0.15) is 4.98 Å². The topological polar surface area (TPSA) is 77.2 Å². The van der Waals surface area contributed by atoms with Crippen molar-refractivity contribution in [2.24, 2.45) is 0 Å². The standard InChI is InChI=1S/C21H23N3O3/c1-15-5-3-4-6-16(15)13-14-22-19(25)11-12-20-23-21(24-27-20)17-7-9-18(26-2)10-8-17/h3-10H,11-14H2,1-2H3,(H,22,25). The highest BCUT2D eigenvalue weighted by Gasteiger charge is 2.11. The Balaban J connectivity index is 1.45. The molecule has 140 valence electrons. The molecule has 3 rings (SSSR count). The molecule has 1 aromatic heterocycles. The first-order valence-electron chi connectivity index (χ1n) is 8.94. The van der Waals surface area contributed by atoms with Crippen molar-refractivity contribution in [3.8, 4) is 17.1 Å². The van der Waals surface area contributed by atoms with Crippen molar-refractivity contribution in [2.45, 2.75) is 26.2 Å². The van der Waals surface area contributed by atoms with Crippen LogP contribution in [0.25, 0.3) is 11.4 Å². The first-order chi connectivity index (χ1) is 13.2. The normalized spacial score (nSPS) is 10.6. The summed E-state index contributed by atoms with van der Waals surface area (Å²) in [5.74, 6) is 1.71. The Hall–Kier alpha value is -3.15. The van der Waals surface area contributed by atoms with E-state index in [2.05, 4.69) is 34.5 Å². The van der Waals surface area contributed by atoms with Crippen molar-refractivity contribution in [1.29, 1.82) is 0 Å². The minimum absolute atomic E-state index is 0.0206. The largest absolute Gasteiger partial charge is 0.497 e. The Kier molecular flexibility index (Phi) is 6.20. The van der Waals surface area contributed by atoms with E-state index in [9.17, 15) is 4.79 Å². The van der Waals surface area contributed by atoms with Crippen LogP contribution in [0.4, 0.5) is 0 Å². The molecule has 0 saturated carbocycles. The van der Waals surface area contributed by atoms with Gasteiger partial charge in [0.1, 0.15) is 5.75 Å². The van der Waals surface area contributed by atoms with E-state index in [0.29, 0.717) is 31.1 Å². The van der Waals surface area contributed by atoms with E-state index >= 15 is 0 Å². The zero-order valence-corrected chi connectivity index (χ0v) is 15.6. The number of hydrogen-bond acceptors (Lipinski definition) is 5. The fourth-order valence-corrected chi connectivity index (χ4v) is 2.75. The van der Waals surface area contributed by atoms with Gasteiger partial charge in [0.05, 0.1) is 7.11 Å². The monoisotopic (exact) mass is 365 g/mol. The molecule has 0 atom stereocenters. The summed E-state index contributed by atoms with van der Waals surface area (Å²) >= 11 is 0. The molecule has 0 spiro atoms. The number of aromatic nitrogens is 2. The number of nitrogens with one attached hydrogen (secondary N) is 1. The maximum absolute atomic E-state index is 12.0. The summed E-state index contributed by atoms with van der Waals surface area (Å²) in [7, 11) is 1.62. The molecule has 6 heteroatoms. The number of amides is 1. The van der Waals surface area contributed by atoms with E-state index < -0.39 is 0 Å². The van der Waals surface area contributed by atoms with Crippen LogP contribution in [-0.4, -0.2) is 29.7 Å². The van der Waals surface area contributed by atoms with Gasteiger partial charge in [-0.1, -0.05) is 29.4 Å². The van der Waals surface area contributed by atoms with Gasteiger partial charge in [0.25, 0.3) is 0 Å². The Bertz CT molecular complexity index is 888. The number of aryl methyl sites for hydroxylation is 2. The summed E-state index contributed by atoms with van der Waals surface area (Å²) in [6.07, 6.45) is 1.55. The fourth-order valence-electron chi connectivity index (χ4n) is 2.75. The van der Waals surface area contributed by atoms with Gasteiger partial charge in [0, 0.05) is 24.9 Å². The van der Waals surface area contributed by atoms with Crippen molar-refractivity contribution >= 4 is 5.91 Å². The second kappa shape index (κ2) is 8.98. The SMILES string of the molecule is COc1ccc(-c2noc(CCC(=O)NCCc3ccccc3C)n2)cc1. The number of rotatable bonds is 8. The molecule has 0 aliphatic rings. The number of ether oxygens (including phenoxy) is 1. The molecule has 0 unspecified atom stereocenters.